The molecule has 4 bridgehead atoms. The second kappa shape index (κ2) is 6.36. The van der Waals surface area contributed by atoms with Gasteiger partial charge in [-0.2, -0.15) is 0 Å². The zero-order valence-electron chi connectivity index (χ0n) is 19.7. The molecule has 31 heavy (non-hydrogen) atoms. The van der Waals surface area contributed by atoms with Crippen LogP contribution in [0, 0.1) is 23.7 Å². The highest BCUT2D eigenvalue weighted by molar-refractivity contribution is 5.82. The number of rotatable bonds is 2. The van der Waals surface area contributed by atoms with Gasteiger partial charge in [0.1, 0.15) is 5.41 Å². The molecule has 6 aliphatic carbocycles. The summed E-state index contributed by atoms with van der Waals surface area (Å²) in [7, 11) is 0. The molecule has 7 aliphatic rings. The summed E-state index contributed by atoms with van der Waals surface area (Å²) in [4.78, 5) is 0. The largest absolute Gasteiger partial charge is 0.224 e. The highest BCUT2D eigenvalue weighted by Gasteiger charge is 2.67. The summed E-state index contributed by atoms with van der Waals surface area (Å²) in [6, 6.07) is 9.51. The lowest BCUT2D eigenvalue weighted by Crippen LogP contribution is -2.60. The van der Waals surface area contributed by atoms with Crippen LogP contribution in [0.5, 0.6) is 0 Å². The van der Waals surface area contributed by atoms with Gasteiger partial charge in [-0.25, -0.2) is 4.58 Å². The predicted octanol–water partition coefficient (Wildman–Crippen LogP) is 6.83. The van der Waals surface area contributed by atoms with Crippen LogP contribution in [0.3, 0.4) is 0 Å². The monoisotopic (exact) mass is 414 g/mol. The number of benzene rings is 1. The molecule has 1 aliphatic heterocycles. The maximum absolute atomic E-state index is 3.02. The Labute approximate surface area is 189 Å². The van der Waals surface area contributed by atoms with E-state index in [1.54, 1.807) is 16.7 Å². The Morgan fingerprint density at radius 1 is 0.839 bits per heavy atom. The van der Waals surface area contributed by atoms with Crippen LogP contribution < -0.4 is 0 Å². The Hall–Kier alpha value is -1.37. The minimum Gasteiger partial charge on any atom is -0.224 e. The smallest absolute Gasteiger partial charge is 0.179 e. The van der Waals surface area contributed by atoms with Crippen LogP contribution in [0.15, 0.2) is 35.9 Å². The van der Waals surface area contributed by atoms with Crippen LogP contribution in [-0.2, 0) is 11.8 Å². The Kier molecular flexibility index (Phi) is 3.92. The molecule has 0 unspecified atom stereocenters. The maximum Gasteiger partial charge on any atom is 0.179 e. The quantitative estimate of drug-likeness (QED) is 0.368. The number of fused-ring (bicyclic) bond motifs is 3. The van der Waals surface area contributed by atoms with E-state index in [0.717, 1.165) is 30.1 Å². The second-order valence-corrected chi connectivity index (χ2v) is 12.9. The van der Waals surface area contributed by atoms with Gasteiger partial charge in [0, 0.05) is 38.7 Å². The third-order valence-corrected chi connectivity index (χ3v) is 10.8. The summed E-state index contributed by atoms with van der Waals surface area (Å²) < 4.78 is 3.02. The van der Waals surface area contributed by atoms with Crippen molar-refractivity contribution < 1.29 is 4.58 Å². The summed E-state index contributed by atoms with van der Waals surface area (Å²) >= 11 is 0. The molecule has 1 heterocycles. The van der Waals surface area contributed by atoms with Crippen LogP contribution >= 0.6 is 0 Å². The number of nitrogens with zero attached hydrogens (tertiary/aromatic N) is 1. The van der Waals surface area contributed by atoms with Crippen LogP contribution in [0.2, 0.25) is 0 Å². The molecule has 0 spiro atoms. The zero-order valence-corrected chi connectivity index (χ0v) is 19.7. The van der Waals surface area contributed by atoms with Crippen LogP contribution in [-0.4, -0.2) is 21.9 Å². The molecule has 8 rings (SSSR count). The molecule has 1 atom stereocenters. The van der Waals surface area contributed by atoms with E-state index < -0.39 is 0 Å². The summed E-state index contributed by atoms with van der Waals surface area (Å²) in [6.45, 7) is 5.18. The van der Waals surface area contributed by atoms with Crippen molar-refractivity contribution in [2.45, 2.75) is 107 Å². The van der Waals surface area contributed by atoms with E-state index in [1.165, 1.54) is 70.6 Å². The number of hydrogen-bond donors (Lipinski definition) is 0. The van der Waals surface area contributed by atoms with Crippen LogP contribution in [0.4, 0.5) is 0 Å². The molecule has 1 aromatic carbocycles. The van der Waals surface area contributed by atoms with Gasteiger partial charge in [-0.05, 0) is 73.3 Å². The Balaban J connectivity index is 1.44. The van der Waals surface area contributed by atoms with E-state index in [-0.39, 0.29) is 11.0 Å². The van der Waals surface area contributed by atoms with Gasteiger partial charge < -0.3 is 0 Å². The van der Waals surface area contributed by atoms with Gasteiger partial charge in [-0.15, -0.1) is 0 Å². The fraction of sp³-hybridized carbons (Fsp3) is 0.700. The van der Waals surface area contributed by atoms with Gasteiger partial charge in [-0.3, -0.25) is 0 Å². The Bertz CT molecular complexity index is 937. The fourth-order valence-corrected chi connectivity index (χ4v) is 10.2. The molecule has 1 nitrogen and oxygen atoms in total. The lowest BCUT2D eigenvalue weighted by molar-refractivity contribution is -0.667. The summed E-state index contributed by atoms with van der Waals surface area (Å²) in [6.07, 6.45) is 22.8. The normalized spacial score (nSPS) is 42.7. The van der Waals surface area contributed by atoms with E-state index in [4.69, 9.17) is 0 Å². The van der Waals surface area contributed by atoms with Crippen molar-refractivity contribution in [3.63, 3.8) is 0 Å². The molecule has 0 amide bonds. The lowest BCUT2D eigenvalue weighted by atomic mass is 9.52. The first-order chi connectivity index (χ1) is 15.0. The van der Waals surface area contributed by atoms with Gasteiger partial charge in [0.05, 0.1) is 0 Å². The van der Waals surface area contributed by atoms with Crippen molar-refractivity contribution in [3.05, 3.63) is 47.0 Å². The first-order valence-electron chi connectivity index (χ1n) is 13.5. The standard InChI is InChI=1S/C30H40N/c1-28(2)27-13-12-24-8-6-7-11-26(24)30(27,25-9-4-3-5-10-25)20-31(28)29-17-21-14-22(18-29)16-23(15-21)19-29/h6-8,11,13,20-23,25H,3-5,9-10,12,14-19H2,1-2H3/q+1/t21?,22?,23?,29?,30-/m1/s1. The van der Waals surface area contributed by atoms with Gasteiger partial charge in [-0.1, -0.05) is 49.6 Å². The molecule has 5 fully saturated rings. The van der Waals surface area contributed by atoms with Crippen molar-refractivity contribution in [1.29, 1.82) is 0 Å². The minimum absolute atomic E-state index is 0.149. The van der Waals surface area contributed by atoms with Crippen LogP contribution in [0.1, 0.15) is 95.6 Å². The molecule has 0 radical (unpaired) electrons. The molecular formula is C30H40N+. The maximum atomic E-state index is 3.02. The average molecular weight is 415 g/mol. The van der Waals surface area contributed by atoms with Crippen LogP contribution in [0.25, 0.3) is 0 Å². The van der Waals surface area contributed by atoms with Crippen molar-refractivity contribution in [1.82, 2.24) is 0 Å². The van der Waals surface area contributed by atoms with E-state index in [9.17, 15) is 0 Å². The lowest BCUT2D eigenvalue weighted by Gasteiger charge is -2.55. The first kappa shape index (κ1) is 19.1. The summed E-state index contributed by atoms with van der Waals surface area (Å²) in [5, 5.41) is 0. The summed E-state index contributed by atoms with van der Waals surface area (Å²) in [5.41, 5.74) is 5.77. The van der Waals surface area contributed by atoms with Gasteiger partial charge in [0.25, 0.3) is 0 Å². The second-order valence-electron chi connectivity index (χ2n) is 12.9. The van der Waals surface area contributed by atoms with Gasteiger partial charge >= 0.3 is 0 Å². The average Bonchev–Trinajstić information content (AvgIpc) is 3.02. The molecule has 0 N–H and O–H groups in total. The minimum atomic E-state index is 0.149. The topological polar surface area (TPSA) is 3.01 Å². The van der Waals surface area contributed by atoms with Crippen molar-refractivity contribution in [3.8, 4) is 0 Å². The molecule has 164 valence electrons. The molecule has 0 saturated heterocycles. The number of hydrogen-bond acceptors (Lipinski definition) is 0. The van der Waals surface area contributed by atoms with E-state index >= 15 is 0 Å². The summed E-state index contributed by atoms with van der Waals surface area (Å²) in [5.74, 6) is 3.80. The number of allylic oxidation sites excluding steroid dienone is 1. The van der Waals surface area contributed by atoms with E-state index in [2.05, 4.69) is 55.0 Å². The molecule has 1 aromatic rings. The predicted molar refractivity (Wildman–Crippen MR) is 128 cm³/mol. The molecule has 1 heteroatoms. The van der Waals surface area contributed by atoms with Gasteiger partial charge in [0.15, 0.2) is 17.3 Å². The Morgan fingerprint density at radius 3 is 2.16 bits per heavy atom. The van der Waals surface area contributed by atoms with Gasteiger partial charge in [0.2, 0.25) is 0 Å². The highest BCUT2D eigenvalue weighted by atomic mass is 15.2. The highest BCUT2D eigenvalue weighted by Crippen LogP contribution is 2.62. The third-order valence-electron chi connectivity index (χ3n) is 10.8. The Morgan fingerprint density at radius 2 is 1.48 bits per heavy atom. The molecule has 5 saturated carbocycles. The zero-order chi connectivity index (χ0) is 20.8. The molecular weight excluding hydrogens is 374 g/mol. The SMILES string of the molecule is CC1(C)C2=CCc3ccccc3[C@]2(C2CCCCC2)C=[N+]1C12CC3CC(CC(C3)C1)C2. The fourth-order valence-electron chi connectivity index (χ4n) is 10.2. The van der Waals surface area contributed by atoms with Crippen molar-refractivity contribution in [2.75, 3.05) is 0 Å². The van der Waals surface area contributed by atoms with E-state index in [0.29, 0.717) is 5.54 Å². The van der Waals surface area contributed by atoms with Crippen molar-refractivity contribution in [2.24, 2.45) is 23.7 Å². The van der Waals surface area contributed by atoms with E-state index in [1.807, 2.05) is 0 Å². The third kappa shape index (κ3) is 2.47. The molecule has 0 aromatic heterocycles. The van der Waals surface area contributed by atoms with Crippen molar-refractivity contribution >= 4 is 6.21 Å². The first-order valence-corrected chi connectivity index (χ1v) is 13.5.